The molecule has 1 saturated heterocycles. The van der Waals surface area contributed by atoms with Gasteiger partial charge in [0.2, 0.25) is 0 Å². The summed E-state index contributed by atoms with van der Waals surface area (Å²) in [7, 11) is 0. The molecule has 3 nitrogen and oxygen atoms in total. The lowest BCUT2D eigenvalue weighted by Crippen LogP contribution is -2.43. The molecule has 0 radical (unpaired) electrons. The van der Waals surface area contributed by atoms with Crippen molar-refractivity contribution in [3.63, 3.8) is 0 Å². The van der Waals surface area contributed by atoms with Crippen LogP contribution in [-0.4, -0.2) is 28.8 Å². The molecule has 1 aromatic heterocycles. The van der Waals surface area contributed by atoms with Crippen LogP contribution in [0.25, 0.3) is 0 Å². The molecule has 2 rings (SSSR count). The van der Waals surface area contributed by atoms with Crippen LogP contribution in [0.2, 0.25) is 0 Å². The highest BCUT2D eigenvalue weighted by Gasteiger charge is 2.30. The maximum atomic E-state index is 10.4. The molecule has 0 aliphatic carbocycles. The zero-order chi connectivity index (χ0) is 11.6. The van der Waals surface area contributed by atoms with Crippen molar-refractivity contribution >= 4 is 11.3 Å². The van der Waals surface area contributed by atoms with Crippen LogP contribution in [0.1, 0.15) is 43.3 Å². The molecule has 1 fully saturated rings. The number of aliphatic hydroxyl groups is 1. The molecule has 1 aromatic rings. The minimum absolute atomic E-state index is 0.487. The molecule has 0 spiro atoms. The van der Waals surface area contributed by atoms with Gasteiger partial charge in [-0.25, -0.2) is 4.98 Å². The van der Waals surface area contributed by atoms with Crippen LogP contribution in [0, 0.1) is 0 Å². The molecular formula is C12H20N2OS. The fourth-order valence-electron chi connectivity index (χ4n) is 2.08. The van der Waals surface area contributed by atoms with E-state index in [4.69, 9.17) is 0 Å². The van der Waals surface area contributed by atoms with Gasteiger partial charge in [-0.2, -0.15) is 0 Å². The van der Waals surface area contributed by atoms with Crippen LogP contribution in [0.3, 0.4) is 0 Å². The van der Waals surface area contributed by atoms with Crippen molar-refractivity contribution < 1.29 is 5.11 Å². The summed E-state index contributed by atoms with van der Waals surface area (Å²) in [6.45, 7) is 6.14. The second-order valence-corrected chi connectivity index (χ2v) is 5.87. The van der Waals surface area contributed by atoms with Crippen LogP contribution < -0.4 is 5.32 Å². The summed E-state index contributed by atoms with van der Waals surface area (Å²) in [5, 5.41) is 16.9. The van der Waals surface area contributed by atoms with Crippen molar-refractivity contribution in [2.75, 3.05) is 13.1 Å². The molecule has 0 atom stereocenters. The summed E-state index contributed by atoms with van der Waals surface area (Å²) in [5.41, 5.74) is 0.520. The monoisotopic (exact) mass is 240 g/mol. The Kier molecular flexibility index (Phi) is 3.62. The molecule has 1 aliphatic heterocycles. The number of thiazole rings is 1. The van der Waals surface area contributed by atoms with E-state index in [1.54, 1.807) is 11.3 Å². The Morgan fingerprint density at radius 3 is 2.75 bits per heavy atom. The average molecular weight is 240 g/mol. The number of rotatable bonds is 3. The van der Waals surface area contributed by atoms with E-state index >= 15 is 0 Å². The third-order valence-electron chi connectivity index (χ3n) is 3.11. The van der Waals surface area contributed by atoms with Crippen molar-refractivity contribution in [3.05, 3.63) is 16.1 Å². The van der Waals surface area contributed by atoms with Gasteiger partial charge in [0.1, 0.15) is 0 Å². The van der Waals surface area contributed by atoms with E-state index in [2.05, 4.69) is 29.5 Å². The summed E-state index contributed by atoms with van der Waals surface area (Å²) in [5.74, 6) is 0.487. The van der Waals surface area contributed by atoms with Gasteiger partial charge in [-0.3, -0.25) is 0 Å². The fourth-order valence-corrected chi connectivity index (χ4v) is 2.91. The van der Waals surface area contributed by atoms with E-state index in [0.717, 1.165) is 31.6 Å². The van der Waals surface area contributed by atoms with Crippen molar-refractivity contribution in [3.8, 4) is 0 Å². The minimum Gasteiger partial charge on any atom is -0.389 e. The summed E-state index contributed by atoms with van der Waals surface area (Å²) >= 11 is 1.71. The largest absolute Gasteiger partial charge is 0.389 e. The van der Waals surface area contributed by atoms with Gasteiger partial charge in [0.25, 0.3) is 0 Å². The van der Waals surface area contributed by atoms with Gasteiger partial charge in [-0.1, -0.05) is 13.8 Å². The summed E-state index contributed by atoms with van der Waals surface area (Å²) in [6, 6.07) is 0. The molecule has 0 amide bonds. The minimum atomic E-state index is -0.534. The first-order chi connectivity index (χ1) is 7.59. The van der Waals surface area contributed by atoms with Gasteiger partial charge < -0.3 is 10.4 Å². The first-order valence-electron chi connectivity index (χ1n) is 5.96. The zero-order valence-electron chi connectivity index (χ0n) is 9.99. The van der Waals surface area contributed by atoms with Crippen LogP contribution >= 0.6 is 11.3 Å². The summed E-state index contributed by atoms with van der Waals surface area (Å²) < 4.78 is 0. The van der Waals surface area contributed by atoms with Crippen molar-refractivity contribution in [1.29, 1.82) is 0 Å². The second-order valence-electron chi connectivity index (χ2n) is 4.98. The number of hydrogen-bond donors (Lipinski definition) is 2. The third-order valence-corrected chi connectivity index (χ3v) is 4.30. The zero-order valence-corrected chi connectivity index (χ0v) is 10.8. The lowest BCUT2D eigenvalue weighted by Gasteiger charge is -2.31. The molecule has 4 heteroatoms. The van der Waals surface area contributed by atoms with Crippen LogP contribution in [0.5, 0.6) is 0 Å². The van der Waals surface area contributed by atoms with Gasteiger partial charge in [-0.05, 0) is 25.9 Å². The first-order valence-corrected chi connectivity index (χ1v) is 6.84. The van der Waals surface area contributed by atoms with Gasteiger partial charge in [0.15, 0.2) is 0 Å². The maximum absolute atomic E-state index is 10.4. The Bertz CT molecular complexity index is 343. The molecule has 0 bridgehead atoms. The molecule has 0 saturated carbocycles. The van der Waals surface area contributed by atoms with Gasteiger partial charge in [0.05, 0.1) is 16.3 Å². The lowest BCUT2D eigenvalue weighted by atomic mass is 9.88. The Hall–Kier alpha value is -0.450. The van der Waals surface area contributed by atoms with Crippen molar-refractivity contribution in [1.82, 2.24) is 10.3 Å². The third kappa shape index (κ3) is 2.81. The van der Waals surface area contributed by atoms with E-state index in [-0.39, 0.29) is 0 Å². The maximum Gasteiger partial charge on any atom is 0.0953 e. The highest BCUT2D eigenvalue weighted by atomic mass is 32.1. The Morgan fingerprint density at radius 2 is 2.19 bits per heavy atom. The lowest BCUT2D eigenvalue weighted by molar-refractivity contribution is 0.0101. The highest BCUT2D eigenvalue weighted by molar-refractivity contribution is 7.09. The van der Waals surface area contributed by atoms with E-state index in [0.29, 0.717) is 12.3 Å². The first kappa shape index (κ1) is 12.0. The Balaban J connectivity index is 2.02. The smallest absolute Gasteiger partial charge is 0.0953 e. The van der Waals surface area contributed by atoms with Crippen LogP contribution in [-0.2, 0) is 6.42 Å². The number of nitrogens with zero attached hydrogens (tertiary/aromatic N) is 1. The topological polar surface area (TPSA) is 45.2 Å². The summed E-state index contributed by atoms with van der Waals surface area (Å²) in [6.07, 6.45) is 2.38. The van der Waals surface area contributed by atoms with E-state index in [9.17, 15) is 5.11 Å². The van der Waals surface area contributed by atoms with E-state index in [1.165, 1.54) is 5.01 Å². The van der Waals surface area contributed by atoms with Crippen LogP contribution in [0.15, 0.2) is 5.38 Å². The molecule has 0 unspecified atom stereocenters. The predicted molar refractivity (Wildman–Crippen MR) is 67.0 cm³/mol. The van der Waals surface area contributed by atoms with Gasteiger partial charge in [-0.15, -0.1) is 11.3 Å². The molecule has 1 aliphatic rings. The van der Waals surface area contributed by atoms with E-state index in [1.807, 2.05) is 0 Å². The molecule has 2 N–H and O–H groups in total. The SMILES string of the molecule is CC(C)c1nc(CC2(O)CCNCC2)cs1. The number of aromatic nitrogens is 1. The Labute approximate surface area is 101 Å². The quantitative estimate of drug-likeness (QED) is 0.848. The standard InChI is InChI=1S/C12H20N2OS/c1-9(2)11-14-10(8-16-11)7-12(15)3-5-13-6-4-12/h8-9,13,15H,3-7H2,1-2H3. The summed E-state index contributed by atoms with van der Waals surface area (Å²) in [4.78, 5) is 4.59. The molecular weight excluding hydrogens is 220 g/mol. The molecule has 16 heavy (non-hydrogen) atoms. The second kappa shape index (κ2) is 4.82. The normalized spacial score (nSPS) is 20.2. The molecule has 2 heterocycles. The molecule has 0 aromatic carbocycles. The fraction of sp³-hybridized carbons (Fsp3) is 0.750. The van der Waals surface area contributed by atoms with Crippen molar-refractivity contribution in [2.24, 2.45) is 0 Å². The van der Waals surface area contributed by atoms with E-state index < -0.39 is 5.60 Å². The van der Waals surface area contributed by atoms with Crippen LogP contribution in [0.4, 0.5) is 0 Å². The number of piperidine rings is 1. The van der Waals surface area contributed by atoms with Gasteiger partial charge in [0, 0.05) is 17.7 Å². The van der Waals surface area contributed by atoms with Gasteiger partial charge >= 0.3 is 0 Å². The number of hydrogen-bond acceptors (Lipinski definition) is 4. The average Bonchev–Trinajstić information content (AvgIpc) is 2.66. The predicted octanol–water partition coefficient (Wildman–Crippen LogP) is 1.92. The molecule has 90 valence electrons. The Morgan fingerprint density at radius 1 is 1.50 bits per heavy atom. The highest BCUT2D eigenvalue weighted by Crippen LogP contribution is 2.26. The van der Waals surface area contributed by atoms with Crippen molar-refractivity contribution in [2.45, 2.75) is 44.6 Å². The number of nitrogens with one attached hydrogen (secondary N) is 1.